The molecule has 0 atom stereocenters. The van der Waals surface area contributed by atoms with Gasteiger partial charge in [0.15, 0.2) is 0 Å². The van der Waals surface area contributed by atoms with Crippen molar-refractivity contribution in [3.63, 3.8) is 0 Å². The lowest BCUT2D eigenvalue weighted by molar-refractivity contribution is 0.0765. The predicted molar refractivity (Wildman–Crippen MR) is 70.0 cm³/mol. The SMILES string of the molecule is CCCN(CCCl)C(=O)c1cc(O)ccc1Cl. The van der Waals surface area contributed by atoms with Crippen molar-refractivity contribution in [2.75, 3.05) is 19.0 Å². The summed E-state index contributed by atoms with van der Waals surface area (Å²) in [5.41, 5.74) is 0.310. The second kappa shape index (κ2) is 6.72. The summed E-state index contributed by atoms with van der Waals surface area (Å²) in [6.45, 7) is 3.08. The first-order valence-corrected chi connectivity index (χ1v) is 6.35. The molecule has 0 aliphatic rings. The van der Waals surface area contributed by atoms with Crippen molar-refractivity contribution in [1.29, 1.82) is 0 Å². The number of halogens is 2. The molecule has 17 heavy (non-hydrogen) atoms. The van der Waals surface area contributed by atoms with Crippen LogP contribution in [0.4, 0.5) is 0 Å². The lowest BCUT2D eigenvalue weighted by atomic mass is 10.2. The van der Waals surface area contributed by atoms with Gasteiger partial charge >= 0.3 is 0 Å². The first-order chi connectivity index (χ1) is 8.10. The van der Waals surface area contributed by atoms with Crippen LogP contribution in [-0.2, 0) is 0 Å². The van der Waals surface area contributed by atoms with Gasteiger partial charge in [0.25, 0.3) is 5.91 Å². The number of alkyl halides is 1. The molecular weight excluding hydrogens is 261 g/mol. The molecule has 0 unspecified atom stereocenters. The summed E-state index contributed by atoms with van der Waals surface area (Å²) in [6, 6.07) is 4.33. The zero-order chi connectivity index (χ0) is 12.8. The Bertz CT molecular complexity index is 390. The maximum absolute atomic E-state index is 12.2. The van der Waals surface area contributed by atoms with Gasteiger partial charge in [-0.05, 0) is 24.6 Å². The summed E-state index contributed by atoms with van der Waals surface area (Å²) >= 11 is 11.6. The van der Waals surface area contributed by atoms with Crippen molar-refractivity contribution in [2.24, 2.45) is 0 Å². The van der Waals surface area contributed by atoms with Gasteiger partial charge in [0.1, 0.15) is 5.75 Å². The van der Waals surface area contributed by atoms with Crippen LogP contribution in [0.5, 0.6) is 5.75 Å². The van der Waals surface area contributed by atoms with Crippen LogP contribution in [0.15, 0.2) is 18.2 Å². The van der Waals surface area contributed by atoms with Crippen LogP contribution in [-0.4, -0.2) is 34.9 Å². The van der Waals surface area contributed by atoms with Gasteiger partial charge in [0.05, 0.1) is 10.6 Å². The van der Waals surface area contributed by atoms with Gasteiger partial charge in [0, 0.05) is 19.0 Å². The number of phenols is 1. The molecule has 1 rings (SSSR count). The molecule has 0 aromatic heterocycles. The van der Waals surface area contributed by atoms with Crippen molar-refractivity contribution in [2.45, 2.75) is 13.3 Å². The number of benzene rings is 1. The normalized spacial score (nSPS) is 10.3. The number of nitrogens with zero attached hydrogens (tertiary/aromatic N) is 1. The minimum absolute atomic E-state index is 0.0278. The molecule has 0 radical (unpaired) electrons. The summed E-state index contributed by atoms with van der Waals surface area (Å²) in [5, 5.41) is 9.71. The molecule has 94 valence electrons. The fourth-order valence-corrected chi connectivity index (χ4v) is 1.94. The largest absolute Gasteiger partial charge is 0.508 e. The first-order valence-electron chi connectivity index (χ1n) is 5.44. The second-order valence-corrected chi connectivity index (χ2v) is 4.43. The molecule has 5 heteroatoms. The van der Waals surface area contributed by atoms with Crippen LogP contribution in [0.25, 0.3) is 0 Å². The third kappa shape index (κ3) is 3.79. The van der Waals surface area contributed by atoms with Crippen LogP contribution in [0.2, 0.25) is 5.02 Å². The topological polar surface area (TPSA) is 40.5 Å². The summed E-state index contributed by atoms with van der Waals surface area (Å²) in [6.07, 6.45) is 0.846. The van der Waals surface area contributed by atoms with Crippen molar-refractivity contribution in [3.05, 3.63) is 28.8 Å². The lowest BCUT2D eigenvalue weighted by Crippen LogP contribution is -2.33. The van der Waals surface area contributed by atoms with E-state index in [0.717, 1.165) is 6.42 Å². The molecule has 0 heterocycles. The standard InChI is InChI=1S/C12H15Cl2NO2/c1-2-6-15(7-5-13)12(17)10-8-9(16)3-4-11(10)14/h3-4,8,16H,2,5-7H2,1H3. The quantitative estimate of drug-likeness (QED) is 0.839. The number of rotatable bonds is 5. The van der Waals surface area contributed by atoms with Crippen LogP contribution < -0.4 is 0 Å². The van der Waals surface area contributed by atoms with Gasteiger partial charge in [0.2, 0.25) is 0 Å². The third-order valence-electron chi connectivity index (χ3n) is 2.32. The van der Waals surface area contributed by atoms with Crippen LogP contribution >= 0.6 is 23.2 Å². The van der Waals surface area contributed by atoms with E-state index >= 15 is 0 Å². The highest BCUT2D eigenvalue weighted by Gasteiger charge is 2.17. The number of hydrogen-bond donors (Lipinski definition) is 1. The number of aromatic hydroxyl groups is 1. The molecule has 0 bridgehead atoms. The zero-order valence-corrected chi connectivity index (χ0v) is 11.1. The van der Waals surface area contributed by atoms with E-state index in [1.807, 2.05) is 6.92 Å². The van der Waals surface area contributed by atoms with E-state index in [1.54, 1.807) is 4.90 Å². The van der Waals surface area contributed by atoms with E-state index in [-0.39, 0.29) is 11.7 Å². The van der Waals surface area contributed by atoms with Crippen LogP contribution in [0, 0.1) is 0 Å². The number of phenolic OH excluding ortho intramolecular Hbond substituents is 1. The molecule has 0 saturated heterocycles. The van der Waals surface area contributed by atoms with Crippen molar-refractivity contribution in [1.82, 2.24) is 4.90 Å². The van der Waals surface area contributed by atoms with Gasteiger partial charge in [-0.1, -0.05) is 18.5 Å². The Morgan fingerprint density at radius 2 is 2.12 bits per heavy atom. The van der Waals surface area contributed by atoms with E-state index in [1.165, 1.54) is 18.2 Å². The summed E-state index contributed by atoms with van der Waals surface area (Å²) in [7, 11) is 0. The number of carbonyl (C=O) groups excluding carboxylic acids is 1. The Morgan fingerprint density at radius 1 is 1.41 bits per heavy atom. The molecule has 0 spiro atoms. The molecule has 0 aliphatic heterocycles. The van der Waals surface area contributed by atoms with Crippen LogP contribution in [0.3, 0.4) is 0 Å². The van der Waals surface area contributed by atoms with Gasteiger partial charge in [-0.3, -0.25) is 4.79 Å². The maximum Gasteiger partial charge on any atom is 0.255 e. The molecule has 0 fully saturated rings. The average molecular weight is 276 g/mol. The molecule has 1 amide bonds. The van der Waals surface area contributed by atoms with Crippen molar-refractivity contribution in [3.8, 4) is 5.75 Å². The zero-order valence-electron chi connectivity index (χ0n) is 9.62. The monoisotopic (exact) mass is 275 g/mol. The summed E-state index contributed by atoms with van der Waals surface area (Å²) in [5.74, 6) is 0.204. The predicted octanol–water partition coefficient (Wildman–Crippen LogP) is 3.14. The fourth-order valence-electron chi connectivity index (χ4n) is 1.53. The van der Waals surface area contributed by atoms with E-state index < -0.39 is 0 Å². The fraction of sp³-hybridized carbons (Fsp3) is 0.417. The van der Waals surface area contributed by atoms with Crippen molar-refractivity contribution >= 4 is 29.1 Å². The van der Waals surface area contributed by atoms with E-state index in [2.05, 4.69) is 0 Å². The Balaban J connectivity index is 2.95. The average Bonchev–Trinajstić information content (AvgIpc) is 2.31. The van der Waals surface area contributed by atoms with Crippen LogP contribution in [0.1, 0.15) is 23.7 Å². The highest BCUT2D eigenvalue weighted by atomic mass is 35.5. The van der Waals surface area contributed by atoms with Gasteiger partial charge in [-0.2, -0.15) is 0 Å². The Labute approximate surface area is 111 Å². The molecule has 0 aliphatic carbocycles. The van der Waals surface area contributed by atoms with Gasteiger partial charge < -0.3 is 10.0 Å². The number of hydrogen-bond acceptors (Lipinski definition) is 2. The van der Waals surface area contributed by atoms with Crippen molar-refractivity contribution < 1.29 is 9.90 Å². The highest BCUT2D eigenvalue weighted by molar-refractivity contribution is 6.33. The maximum atomic E-state index is 12.2. The van der Waals surface area contributed by atoms with E-state index in [9.17, 15) is 9.90 Å². The molecule has 1 aromatic rings. The minimum atomic E-state index is -0.201. The van der Waals surface area contributed by atoms with E-state index in [0.29, 0.717) is 29.6 Å². The summed E-state index contributed by atoms with van der Waals surface area (Å²) in [4.78, 5) is 13.8. The molecule has 3 nitrogen and oxygen atoms in total. The smallest absolute Gasteiger partial charge is 0.255 e. The molecule has 1 N–H and O–H groups in total. The molecular formula is C12H15Cl2NO2. The second-order valence-electron chi connectivity index (χ2n) is 3.65. The van der Waals surface area contributed by atoms with Gasteiger partial charge in [-0.15, -0.1) is 11.6 Å². The first kappa shape index (κ1) is 14.1. The van der Waals surface area contributed by atoms with E-state index in [4.69, 9.17) is 23.2 Å². The van der Waals surface area contributed by atoms with Gasteiger partial charge in [-0.25, -0.2) is 0 Å². The Hall–Kier alpha value is -0.930. The third-order valence-corrected chi connectivity index (χ3v) is 2.81. The summed E-state index contributed by atoms with van der Waals surface area (Å²) < 4.78 is 0. The minimum Gasteiger partial charge on any atom is -0.508 e. The molecule has 0 saturated carbocycles. The Morgan fingerprint density at radius 3 is 2.71 bits per heavy atom. The number of carbonyl (C=O) groups is 1. The highest BCUT2D eigenvalue weighted by Crippen LogP contribution is 2.22. The number of amides is 1. The lowest BCUT2D eigenvalue weighted by Gasteiger charge is -2.21. The molecule has 1 aromatic carbocycles. The Kier molecular flexibility index (Phi) is 5.59.